The van der Waals surface area contributed by atoms with Crippen LogP contribution in [-0.2, 0) is 9.47 Å². The first-order valence-electron chi connectivity index (χ1n) is 7.03. The van der Waals surface area contributed by atoms with Gasteiger partial charge in [-0.25, -0.2) is 0 Å². The molecule has 0 bridgehead atoms. The van der Waals surface area contributed by atoms with Crippen molar-refractivity contribution in [3.8, 4) is 0 Å². The molecule has 108 valence electrons. The van der Waals surface area contributed by atoms with E-state index in [2.05, 4.69) is 19.1 Å². The van der Waals surface area contributed by atoms with E-state index in [0.29, 0.717) is 13.0 Å². The smallest absolute Gasteiger partial charge is 0.113 e. The Morgan fingerprint density at radius 1 is 1.37 bits per heavy atom. The fourth-order valence-corrected chi connectivity index (χ4v) is 2.16. The zero-order valence-electron chi connectivity index (χ0n) is 12.2. The lowest BCUT2D eigenvalue weighted by atomic mass is 9.96. The van der Waals surface area contributed by atoms with Gasteiger partial charge in [0.25, 0.3) is 0 Å². The summed E-state index contributed by atoms with van der Waals surface area (Å²) in [6, 6.07) is 0. The third-order valence-corrected chi connectivity index (χ3v) is 3.28. The minimum absolute atomic E-state index is 0.155. The highest BCUT2D eigenvalue weighted by molar-refractivity contribution is 5.20. The van der Waals surface area contributed by atoms with Crippen LogP contribution in [0.1, 0.15) is 33.1 Å². The summed E-state index contributed by atoms with van der Waals surface area (Å²) < 4.78 is 11.0. The standard InChI is InChI=1S/C16H26O3/c1-4-5-6-7-8-9-10-13(2)15-16(18-3)14(17)11-12-19-15/h6-10,14-17H,4-5,11-12H2,1-3H3/b7-6+,9-8+,13-10+/t14-,15-,16+/m0/s1. The van der Waals surface area contributed by atoms with E-state index < -0.39 is 6.10 Å². The van der Waals surface area contributed by atoms with Crippen molar-refractivity contribution in [1.82, 2.24) is 0 Å². The fraction of sp³-hybridized carbons (Fsp3) is 0.625. The Morgan fingerprint density at radius 2 is 2.16 bits per heavy atom. The summed E-state index contributed by atoms with van der Waals surface area (Å²) >= 11 is 0. The molecule has 0 aromatic rings. The quantitative estimate of drug-likeness (QED) is 0.751. The van der Waals surface area contributed by atoms with Gasteiger partial charge in [-0.15, -0.1) is 0 Å². The van der Waals surface area contributed by atoms with E-state index in [9.17, 15) is 5.11 Å². The topological polar surface area (TPSA) is 38.7 Å². The molecule has 3 heteroatoms. The lowest BCUT2D eigenvalue weighted by Crippen LogP contribution is -2.46. The van der Waals surface area contributed by atoms with Crippen LogP contribution < -0.4 is 0 Å². The summed E-state index contributed by atoms with van der Waals surface area (Å²) in [5.74, 6) is 0. The van der Waals surface area contributed by atoms with Crippen LogP contribution in [0.3, 0.4) is 0 Å². The van der Waals surface area contributed by atoms with Gasteiger partial charge in [-0.1, -0.05) is 43.7 Å². The number of unbranched alkanes of at least 4 members (excludes halogenated alkanes) is 1. The molecule has 19 heavy (non-hydrogen) atoms. The SMILES string of the molecule is CCC/C=C/C=C/C=C(\C)[C@@H]1OCC[C@H](O)[C@H]1OC. The number of ether oxygens (including phenoxy) is 2. The average Bonchev–Trinajstić information content (AvgIpc) is 2.42. The minimum atomic E-state index is -0.444. The first-order chi connectivity index (χ1) is 9.20. The molecule has 1 saturated heterocycles. The number of methoxy groups -OCH3 is 1. The third-order valence-electron chi connectivity index (χ3n) is 3.28. The molecule has 0 radical (unpaired) electrons. The Bertz CT molecular complexity index is 331. The highest BCUT2D eigenvalue weighted by atomic mass is 16.5. The minimum Gasteiger partial charge on any atom is -0.390 e. The highest BCUT2D eigenvalue weighted by Crippen LogP contribution is 2.23. The van der Waals surface area contributed by atoms with Crippen LogP contribution >= 0.6 is 0 Å². The van der Waals surface area contributed by atoms with E-state index >= 15 is 0 Å². The number of rotatable bonds is 6. The van der Waals surface area contributed by atoms with Crippen molar-refractivity contribution in [3.63, 3.8) is 0 Å². The summed E-state index contributed by atoms with van der Waals surface area (Å²) in [4.78, 5) is 0. The van der Waals surface area contributed by atoms with E-state index in [1.165, 1.54) is 6.42 Å². The van der Waals surface area contributed by atoms with Gasteiger partial charge in [0.15, 0.2) is 0 Å². The van der Waals surface area contributed by atoms with Crippen molar-refractivity contribution in [2.45, 2.75) is 51.4 Å². The van der Waals surface area contributed by atoms with Crippen molar-refractivity contribution >= 4 is 0 Å². The van der Waals surface area contributed by atoms with Crippen LogP contribution in [0.2, 0.25) is 0 Å². The Kier molecular flexibility index (Phi) is 7.72. The van der Waals surface area contributed by atoms with Gasteiger partial charge in [0.1, 0.15) is 12.2 Å². The molecule has 0 aliphatic carbocycles. The highest BCUT2D eigenvalue weighted by Gasteiger charge is 2.33. The van der Waals surface area contributed by atoms with Crippen LogP contribution in [0.5, 0.6) is 0 Å². The predicted molar refractivity (Wildman–Crippen MR) is 78.1 cm³/mol. The van der Waals surface area contributed by atoms with E-state index in [0.717, 1.165) is 12.0 Å². The average molecular weight is 266 g/mol. The molecule has 3 atom stereocenters. The van der Waals surface area contributed by atoms with Crippen molar-refractivity contribution in [2.75, 3.05) is 13.7 Å². The molecule has 1 fully saturated rings. The molecule has 1 heterocycles. The molecule has 1 rings (SSSR count). The lowest BCUT2D eigenvalue weighted by Gasteiger charge is -2.35. The van der Waals surface area contributed by atoms with Gasteiger partial charge in [0, 0.05) is 7.11 Å². The van der Waals surface area contributed by atoms with E-state index in [4.69, 9.17) is 9.47 Å². The number of hydrogen-bond acceptors (Lipinski definition) is 3. The molecule has 1 aliphatic rings. The Balaban J connectivity index is 2.56. The zero-order chi connectivity index (χ0) is 14.1. The van der Waals surface area contributed by atoms with Crippen molar-refractivity contribution in [1.29, 1.82) is 0 Å². The van der Waals surface area contributed by atoms with Gasteiger partial charge in [0.2, 0.25) is 0 Å². The number of hydrogen-bond donors (Lipinski definition) is 1. The Hall–Kier alpha value is -0.900. The number of aliphatic hydroxyl groups excluding tert-OH is 1. The fourth-order valence-electron chi connectivity index (χ4n) is 2.16. The summed E-state index contributed by atoms with van der Waals surface area (Å²) in [7, 11) is 1.62. The third kappa shape index (κ3) is 5.31. The van der Waals surface area contributed by atoms with Gasteiger partial charge in [-0.2, -0.15) is 0 Å². The molecule has 0 aromatic heterocycles. The first kappa shape index (κ1) is 16.2. The van der Waals surface area contributed by atoms with Crippen LogP contribution in [0.4, 0.5) is 0 Å². The maximum Gasteiger partial charge on any atom is 0.113 e. The summed E-state index contributed by atoms with van der Waals surface area (Å²) in [6.07, 6.45) is 12.3. The second-order valence-electron chi connectivity index (χ2n) is 4.86. The molecule has 0 spiro atoms. The molecule has 0 saturated carbocycles. The zero-order valence-corrected chi connectivity index (χ0v) is 12.2. The summed E-state index contributed by atoms with van der Waals surface area (Å²) in [6.45, 7) is 4.75. The maximum atomic E-state index is 9.90. The van der Waals surface area contributed by atoms with Crippen molar-refractivity contribution < 1.29 is 14.6 Å². The van der Waals surface area contributed by atoms with E-state index in [1.807, 2.05) is 25.2 Å². The van der Waals surface area contributed by atoms with Gasteiger partial charge in [-0.3, -0.25) is 0 Å². The Morgan fingerprint density at radius 3 is 2.84 bits per heavy atom. The largest absolute Gasteiger partial charge is 0.390 e. The van der Waals surface area contributed by atoms with E-state index in [1.54, 1.807) is 7.11 Å². The van der Waals surface area contributed by atoms with Gasteiger partial charge in [0.05, 0.1) is 12.7 Å². The molecule has 0 aromatic carbocycles. The molecular formula is C16H26O3. The van der Waals surface area contributed by atoms with Gasteiger partial charge >= 0.3 is 0 Å². The molecule has 0 unspecified atom stereocenters. The normalized spacial score (nSPS) is 29.5. The lowest BCUT2D eigenvalue weighted by molar-refractivity contribution is -0.134. The molecule has 1 N–H and O–H groups in total. The van der Waals surface area contributed by atoms with Crippen LogP contribution in [-0.4, -0.2) is 37.1 Å². The Labute approximate surface area is 116 Å². The number of allylic oxidation sites excluding steroid dienone is 5. The summed E-state index contributed by atoms with van der Waals surface area (Å²) in [5.41, 5.74) is 1.07. The van der Waals surface area contributed by atoms with Crippen LogP contribution in [0.25, 0.3) is 0 Å². The number of aliphatic hydroxyl groups is 1. The van der Waals surface area contributed by atoms with Crippen LogP contribution in [0.15, 0.2) is 36.0 Å². The second-order valence-corrected chi connectivity index (χ2v) is 4.86. The predicted octanol–water partition coefficient (Wildman–Crippen LogP) is 3.01. The molecule has 3 nitrogen and oxygen atoms in total. The van der Waals surface area contributed by atoms with Gasteiger partial charge < -0.3 is 14.6 Å². The first-order valence-corrected chi connectivity index (χ1v) is 7.03. The maximum absolute atomic E-state index is 9.90. The van der Waals surface area contributed by atoms with Crippen molar-refractivity contribution in [2.24, 2.45) is 0 Å². The second kappa shape index (κ2) is 9.08. The summed E-state index contributed by atoms with van der Waals surface area (Å²) in [5, 5.41) is 9.90. The van der Waals surface area contributed by atoms with Crippen molar-refractivity contribution in [3.05, 3.63) is 36.0 Å². The molecule has 0 amide bonds. The molecule has 1 aliphatic heterocycles. The van der Waals surface area contributed by atoms with Gasteiger partial charge in [-0.05, 0) is 25.3 Å². The molecular weight excluding hydrogens is 240 g/mol. The van der Waals surface area contributed by atoms with Crippen LogP contribution in [0, 0.1) is 0 Å². The van der Waals surface area contributed by atoms with E-state index in [-0.39, 0.29) is 12.2 Å². The monoisotopic (exact) mass is 266 g/mol.